The zero-order valence-corrected chi connectivity index (χ0v) is 19.7. The van der Waals surface area contributed by atoms with Crippen LogP contribution in [-0.2, 0) is 0 Å². The Morgan fingerprint density at radius 3 is 2.68 bits per heavy atom. The number of piperidine rings is 1. The molecule has 5 rings (SSSR count). The van der Waals surface area contributed by atoms with Crippen molar-refractivity contribution < 1.29 is 4.39 Å². The summed E-state index contributed by atoms with van der Waals surface area (Å²) in [6, 6.07) is 12.0. The van der Waals surface area contributed by atoms with Gasteiger partial charge in [0.15, 0.2) is 0 Å². The molecule has 1 aliphatic heterocycles. The van der Waals surface area contributed by atoms with Crippen LogP contribution in [0.15, 0.2) is 65.8 Å². The number of rotatable bonds is 6. The van der Waals surface area contributed by atoms with Crippen molar-refractivity contribution in [3.63, 3.8) is 0 Å². The van der Waals surface area contributed by atoms with Crippen LogP contribution in [0.1, 0.15) is 30.9 Å². The summed E-state index contributed by atoms with van der Waals surface area (Å²) in [6.45, 7) is 2.69. The van der Waals surface area contributed by atoms with Gasteiger partial charge in [-0.3, -0.25) is 4.79 Å². The Kier molecular flexibility index (Phi) is 6.20. The number of hydrogen-bond donors (Lipinski definition) is 1. The monoisotopic (exact) mass is 459 g/mol. The van der Waals surface area contributed by atoms with E-state index in [1.54, 1.807) is 16.7 Å². The molecule has 1 aromatic carbocycles. The van der Waals surface area contributed by atoms with E-state index in [9.17, 15) is 9.18 Å². The fourth-order valence-electron chi connectivity index (χ4n) is 4.88. The highest BCUT2D eigenvalue weighted by Gasteiger charge is 2.19. The first-order valence-corrected chi connectivity index (χ1v) is 11.8. The van der Waals surface area contributed by atoms with E-state index in [1.165, 1.54) is 31.4 Å². The van der Waals surface area contributed by atoms with Crippen molar-refractivity contribution in [2.24, 2.45) is 0 Å². The summed E-state index contributed by atoms with van der Waals surface area (Å²) in [6.07, 6.45) is 9.35. The second kappa shape index (κ2) is 9.43. The molecule has 176 valence electrons. The molecule has 4 aromatic rings. The first-order chi connectivity index (χ1) is 16.5. The summed E-state index contributed by atoms with van der Waals surface area (Å²) in [5, 5.41) is 1.01. The normalized spacial score (nSPS) is 15.2. The number of pyridine rings is 2. The number of benzene rings is 1. The molecule has 4 heterocycles. The van der Waals surface area contributed by atoms with Crippen molar-refractivity contribution >= 4 is 16.7 Å². The zero-order valence-electron chi connectivity index (χ0n) is 19.7. The molecular formula is C27H30FN5O. The van der Waals surface area contributed by atoms with E-state index in [0.717, 1.165) is 46.5 Å². The van der Waals surface area contributed by atoms with Crippen LogP contribution in [0.4, 0.5) is 10.1 Å². The van der Waals surface area contributed by atoms with E-state index in [2.05, 4.69) is 20.9 Å². The molecule has 1 aliphatic rings. The maximum Gasteiger partial charge on any atom is 0.251 e. The van der Waals surface area contributed by atoms with E-state index >= 15 is 0 Å². The lowest BCUT2D eigenvalue weighted by atomic mass is 10.0. The maximum atomic E-state index is 13.9. The van der Waals surface area contributed by atoms with Gasteiger partial charge in [0, 0.05) is 49.0 Å². The molecule has 0 spiro atoms. The highest BCUT2D eigenvalue weighted by atomic mass is 19.1. The summed E-state index contributed by atoms with van der Waals surface area (Å²) in [7, 11) is 3.90. The molecule has 0 saturated carbocycles. The molecule has 1 saturated heterocycles. The molecule has 0 amide bonds. The molecule has 0 aliphatic carbocycles. The van der Waals surface area contributed by atoms with Gasteiger partial charge in [0.1, 0.15) is 11.5 Å². The number of anilines is 1. The van der Waals surface area contributed by atoms with E-state index in [0.29, 0.717) is 6.54 Å². The SMILES string of the molecule is CN(C)C[C@H](c1cccc(F)c1)n1ccc(-c2c[nH]c3ncc(N4CCCCC4)cc23)cc1=O. The van der Waals surface area contributed by atoms with Crippen LogP contribution in [-0.4, -0.2) is 53.2 Å². The van der Waals surface area contributed by atoms with Crippen LogP contribution in [0.3, 0.4) is 0 Å². The van der Waals surface area contributed by atoms with Crippen molar-refractivity contribution in [2.75, 3.05) is 38.6 Å². The standard InChI is InChI=1S/C27H30FN5O/c1-31(2)18-25(20-7-6-8-21(28)13-20)33-12-9-19(14-26(33)34)24-17-30-27-23(24)15-22(16-29-27)32-10-4-3-5-11-32/h6-9,12-17,25H,3-5,10-11,18H2,1-2H3,(H,29,30)/t25-/m1/s1. The first-order valence-electron chi connectivity index (χ1n) is 11.8. The van der Waals surface area contributed by atoms with Crippen LogP contribution in [0.25, 0.3) is 22.2 Å². The fraction of sp³-hybridized carbons (Fsp3) is 0.333. The Hall–Kier alpha value is -3.45. The van der Waals surface area contributed by atoms with Crippen molar-refractivity contribution in [3.05, 3.63) is 82.8 Å². The summed E-state index contributed by atoms with van der Waals surface area (Å²) in [4.78, 5) is 25.5. The van der Waals surface area contributed by atoms with Crippen LogP contribution in [0, 0.1) is 5.82 Å². The molecule has 3 aromatic heterocycles. The van der Waals surface area contributed by atoms with Crippen LogP contribution >= 0.6 is 0 Å². The molecule has 6 nitrogen and oxygen atoms in total. The predicted molar refractivity (Wildman–Crippen MR) is 135 cm³/mol. The van der Waals surface area contributed by atoms with Gasteiger partial charge in [-0.05, 0) is 68.8 Å². The Morgan fingerprint density at radius 2 is 1.94 bits per heavy atom. The van der Waals surface area contributed by atoms with Crippen molar-refractivity contribution in [1.29, 1.82) is 0 Å². The number of likely N-dealkylation sites (N-methyl/N-ethyl adjacent to an activating group) is 1. The molecule has 34 heavy (non-hydrogen) atoms. The lowest BCUT2D eigenvalue weighted by Crippen LogP contribution is -2.32. The van der Waals surface area contributed by atoms with Gasteiger partial charge in [0.05, 0.1) is 17.9 Å². The molecule has 7 heteroatoms. The first kappa shape index (κ1) is 22.3. The Balaban J connectivity index is 1.52. The summed E-state index contributed by atoms with van der Waals surface area (Å²) in [5.41, 5.74) is 4.38. The Bertz CT molecular complexity index is 1350. The molecule has 0 unspecified atom stereocenters. The number of halogens is 1. The van der Waals surface area contributed by atoms with Gasteiger partial charge in [-0.15, -0.1) is 0 Å². The van der Waals surface area contributed by atoms with Crippen molar-refractivity contribution in [3.8, 4) is 11.1 Å². The third-order valence-electron chi connectivity index (χ3n) is 6.60. The molecule has 1 fully saturated rings. The summed E-state index contributed by atoms with van der Waals surface area (Å²) < 4.78 is 15.6. The average Bonchev–Trinajstić information content (AvgIpc) is 3.26. The number of nitrogens with zero attached hydrogens (tertiary/aromatic N) is 4. The minimum absolute atomic E-state index is 0.122. The number of aromatic amines is 1. The number of hydrogen-bond acceptors (Lipinski definition) is 4. The minimum Gasteiger partial charge on any atom is -0.370 e. The van der Waals surface area contributed by atoms with Crippen molar-refractivity contribution in [1.82, 2.24) is 19.4 Å². The van der Waals surface area contributed by atoms with Gasteiger partial charge in [0.25, 0.3) is 5.56 Å². The van der Waals surface area contributed by atoms with E-state index < -0.39 is 0 Å². The van der Waals surface area contributed by atoms with Gasteiger partial charge >= 0.3 is 0 Å². The van der Waals surface area contributed by atoms with E-state index in [1.807, 2.05) is 49.7 Å². The fourth-order valence-corrected chi connectivity index (χ4v) is 4.88. The largest absolute Gasteiger partial charge is 0.370 e. The molecule has 0 bridgehead atoms. The smallest absolute Gasteiger partial charge is 0.251 e. The van der Waals surface area contributed by atoms with Crippen LogP contribution in [0.5, 0.6) is 0 Å². The van der Waals surface area contributed by atoms with Gasteiger partial charge < -0.3 is 19.4 Å². The topological polar surface area (TPSA) is 57.2 Å². The predicted octanol–water partition coefficient (Wildman–Crippen LogP) is 4.67. The third kappa shape index (κ3) is 4.48. The van der Waals surface area contributed by atoms with Gasteiger partial charge in [-0.25, -0.2) is 9.37 Å². The highest BCUT2D eigenvalue weighted by Crippen LogP contribution is 2.31. The maximum absolute atomic E-state index is 13.9. The Morgan fingerprint density at radius 1 is 1.12 bits per heavy atom. The molecule has 0 radical (unpaired) electrons. The quantitative estimate of drug-likeness (QED) is 0.455. The van der Waals surface area contributed by atoms with E-state index in [-0.39, 0.29) is 17.4 Å². The zero-order chi connectivity index (χ0) is 23.7. The van der Waals surface area contributed by atoms with Gasteiger partial charge in [-0.1, -0.05) is 12.1 Å². The Labute approximate surface area is 198 Å². The lowest BCUT2D eigenvalue weighted by Gasteiger charge is -2.28. The number of nitrogens with one attached hydrogen (secondary N) is 1. The summed E-state index contributed by atoms with van der Waals surface area (Å²) >= 11 is 0. The molecule has 1 N–H and O–H groups in total. The summed E-state index contributed by atoms with van der Waals surface area (Å²) in [5.74, 6) is -0.304. The highest BCUT2D eigenvalue weighted by molar-refractivity contribution is 5.95. The van der Waals surface area contributed by atoms with Crippen molar-refractivity contribution in [2.45, 2.75) is 25.3 Å². The second-order valence-electron chi connectivity index (χ2n) is 9.33. The number of fused-ring (bicyclic) bond motifs is 1. The third-order valence-corrected chi connectivity index (χ3v) is 6.60. The number of aromatic nitrogens is 3. The van der Waals surface area contributed by atoms with Crippen LogP contribution in [0.2, 0.25) is 0 Å². The second-order valence-corrected chi connectivity index (χ2v) is 9.33. The van der Waals surface area contributed by atoms with Crippen LogP contribution < -0.4 is 10.5 Å². The lowest BCUT2D eigenvalue weighted by molar-refractivity contribution is 0.346. The minimum atomic E-state index is -0.304. The van der Waals surface area contributed by atoms with Gasteiger partial charge in [0.2, 0.25) is 0 Å². The van der Waals surface area contributed by atoms with E-state index in [4.69, 9.17) is 0 Å². The van der Waals surface area contributed by atoms with Gasteiger partial charge in [-0.2, -0.15) is 0 Å². The average molecular weight is 460 g/mol. The molecule has 1 atom stereocenters. The molecular weight excluding hydrogens is 429 g/mol. The number of H-pyrrole nitrogens is 1.